The Morgan fingerprint density at radius 2 is 2.12 bits per heavy atom. The average molecular weight is 219 g/mol. The van der Waals surface area contributed by atoms with Gasteiger partial charge in [-0.25, -0.2) is 0 Å². The van der Waals surface area contributed by atoms with E-state index in [-0.39, 0.29) is 22.4 Å². The largest absolute Gasteiger partial charge is 0.272 e. The average Bonchev–Trinajstić information content (AvgIpc) is 2.30. The Hall–Kier alpha value is -1.64. The number of para-hydroxylation sites is 1. The Balaban J connectivity index is 3.18. The second kappa shape index (κ2) is 5.45. The minimum Gasteiger partial charge on any atom is -0.258 e. The normalized spacial score (nSPS) is 14.1. The van der Waals surface area contributed by atoms with Crippen LogP contribution in [0.4, 0.5) is 5.69 Å². The molecule has 0 aliphatic heterocycles. The zero-order valence-electron chi connectivity index (χ0n) is 9.72. The summed E-state index contributed by atoms with van der Waals surface area (Å²) in [6, 6.07) is 6.95. The minimum atomic E-state index is -0.312. The molecule has 3 heteroatoms. The first kappa shape index (κ1) is 12.4. The van der Waals surface area contributed by atoms with Crippen molar-refractivity contribution in [2.45, 2.75) is 26.2 Å². The van der Waals surface area contributed by atoms with Gasteiger partial charge in [0, 0.05) is 11.6 Å². The van der Waals surface area contributed by atoms with E-state index in [1.54, 1.807) is 12.1 Å². The number of nitro groups is 1. The smallest absolute Gasteiger partial charge is 0.258 e. The summed E-state index contributed by atoms with van der Waals surface area (Å²) in [5.41, 5.74) is 1.02. The highest BCUT2D eigenvalue weighted by Gasteiger charge is 2.23. The van der Waals surface area contributed by atoms with Gasteiger partial charge in [-0.3, -0.25) is 10.1 Å². The van der Waals surface area contributed by atoms with E-state index < -0.39 is 0 Å². The molecule has 1 aromatic rings. The van der Waals surface area contributed by atoms with Gasteiger partial charge in [0.05, 0.1) is 4.92 Å². The molecule has 0 saturated carbocycles. The van der Waals surface area contributed by atoms with E-state index in [1.807, 2.05) is 32.1 Å². The third-order valence-corrected chi connectivity index (χ3v) is 2.98. The summed E-state index contributed by atoms with van der Waals surface area (Å²) in [5, 5.41) is 10.9. The van der Waals surface area contributed by atoms with E-state index in [0.717, 1.165) is 12.0 Å². The molecule has 0 aliphatic carbocycles. The van der Waals surface area contributed by atoms with Crippen molar-refractivity contribution in [1.29, 1.82) is 0 Å². The lowest BCUT2D eigenvalue weighted by Gasteiger charge is -2.19. The van der Waals surface area contributed by atoms with Gasteiger partial charge in [-0.05, 0) is 18.3 Å². The van der Waals surface area contributed by atoms with E-state index in [0.29, 0.717) is 0 Å². The number of rotatable bonds is 5. The summed E-state index contributed by atoms with van der Waals surface area (Å²) in [6.45, 7) is 7.84. The topological polar surface area (TPSA) is 43.1 Å². The number of allylic oxidation sites excluding steroid dienone is 1. The predicted molar refractivity (Wildman–Crippen MR) is 65.5 cm³/mol. The van der Waals surface area contributed by atoms with Crippen LogP contribution >= 0.6 is 0 Å². The molecule has 1 aromatic carbocycles. The fraction of sp³-hybridized carbons (Fsp3) is 0.385. The lowest BCUT2D eigenvalue weighted by atomic mass is 9.84. The van der Waals surface area contributed by atoms with E-state index in [9.17, 15) is 10.1 Å². The third kappa shape index (κ3) is 2.48. The van der Waals surface area contributed by atoms with Crippen molar-refractivity contribution in [1.82, 2.24) is 0 Å². The Bertz CT molecular complexity index is 387. The predicted octanol–water partition coefficient (Wildman–Crippen LogP) is 3.91. The monoisotopic (exact) mass is 219 g/mol. The molecule has 0 aliphatic rings. The molecule has 0 radical (unpaired) electrons. The molecule has 1 rings (SSSR count). The van der Waals surface area contributed by atoms with Gasteiger partial charge in [0.25, 0.3) is 5.69 Å². The van der Waals surface area contributed by atoms with Crippen molar-refractivity contribution in [3.63, 3.8) is 0 Å². The van der Waals surface area contributed by atoms with Crippen molar-refractivity contribution >= 4 is 5.69 Å². The zero-order chi connectivity index (χ0) is 12.1. The highest BCUT2D eigenvalue weighted by atomic mass is 16.6. The molecule has 3 nitrogen and oxygen atoms in total. The molecule has 0 N–H and O–H groups in total. The second-order valence-corrected chi connectivity index (χ2v) is 3.93. The van der Waals surface area contributed by atoms with Crippen LogP contribution in [0.15, 0.2) is 36.9 Å². The first-order valence-corrected chi connectivity index (χ1v) is 5.47. The Kier molecular flexibility index (Phi) is 4.23. The van der Waals surface area contributed by atoms with Crippen LogP contribution in [0.2, 0.25) is 0 Å². The van der Waals surface area contributed by atoms with E-state index >= 15 is 0 Å². The SMILES string of the molecule is C=C[C@@H](C)[C@@H](CC)c1ccccc1[N+](=O)[O-]. The summed E-state index contributed by atoms with van der Waals surface area (Å²) in [5.74, 6) is 0.408. The van der Waals surface area contributed by atoms with Crippen molar-refractivity contribution in [3.8, 4) is 0 Å². The van der Waals surface area contributed by atoms with Gasteiger partial charge in [-0.2, -0.15) is 0 Å². The lowest BCUT2D eigenvalue weighted by Crippen LogP contribution is -2.09. The molecule has 0 fully saturated rings. The molecule has 86 valence electrons. The van der Waals surface area contributed by atoms with E-state index in [2.05, 4.69) is 6.58 Å². The molecule has 16 heavy (non-hydrogen) atoms. The number of nitrogens with zero attached hydrogens (tertiary/aromatic N) is 1. The van der Waals surface area contributed by atoms with Gasteiger partial charge in [-0.15, -0.1) is 6.58 Å². The Morgan fingerprint density at radius 1 is 1.50 bits per heavy atom. The molecule has 0 bridgehead atoms. The minimum absolute atomic E-state index is 0.166. The fourth-order valence-corrected chi connectivity index (χ4v) is 2.01. The second-order valence-electron chi connectivity index (χ2n) is 3.93. The maximum absolute atomic E-state index is 10.9. The Morgan fingerprint density at radius 3 is 2.62 bits per heavy atom. The number of hydrogen-bond donors (Lipinski definition) is 0. The number of hydrogen-bond acceptors (Lipinski definition) is 2. The fourth-order valence-electron chi connectivity index (χ4n) is 2.01. The number of benzene rings is 1. The molecular formula is C13H17NO2. The molecule has 0 unspecified atom stereocenters. The van der Waals surface area contributed by atoms with Crippen LogP contribution in [-0.2, 0) is 0 Å². The first-order valence-electron chi connectivity index (χ1n) is 5.47. The lowest BCUT2D eigenvalue weighted by molar-refractivity contribution is -0.385. The third-order valence-electron chi connectivity index (χ3n) is 2.98. The van der Waals surface area contributed by atoms with Gasteiger partial charge >= 0.3 is 0 Å². The van der Waals surface area contributed by atoms with Gasteiger partial charge < -0.3 is 0 Å². The highest BCUT2D eigenvalue weighted by Crippen LogP contribution is 2.34. The quantitative estimate of drug-likeness (QED) is 0.428. The molecule has 0 amide bonds. The van der Waals surface area contributed by atoms with Crippen LogP contribution in [0.25, 0.3) is 0 Å². The van der Waals surface area contributed by atoms with Crippen molar-refractivity contribution in [3.05, 3.63) is 52.6 Å². The molecule has 0 aromatic heterocycles. The van der Waals surface area contributed by atoms with Gasteiger partial charge in [0.15, 0.2) is 0 Å². The Labute approximate surface area is 95.9 Å². The van der Waals surface area contributed by atoms with E-state index in [1.165, 1.54) is 0 Å². The molecular weight excluding hydrogens is 202 g/mol. The first-order chi connectivity index (χ1) is 7.61. The summed E-state index contributed by atoms with van der Waals surface area (Å²) >= 11 is 0. The van der Waals surface area contributed by atoms with Crippen molar-refractivity contribution in [2.24, 2.45) is 5.92 Å². The van der Waals surface area contributed by atoms with Crippen LogP contribution in [0.5, 0.6) is 0 Å². The molecule has 0 spiro atoms. The zero-order valence-corrected chi connectivity index (χ0v) is 9.72. The number of nitro benzene ring substituents is 1. The van der Waals surface area contributed by atoms with Crippen LogP contribution in [0, 0.1) is 16.0 Å². The highest BCUT2D eigenvalue weighted by molar-refractivity contribution is 5.42. The van der Waals surface area contributed by atoms with Crippen molar-refractivity contribution < 1.29 is 4.92 Å². The maximum Gasteiger partial charge on any atom is 0.272 e. The summed E-state index contributed by atoms with van der Waals surface area (Å²) in [4.78, 5) is 10.6. The van der Waals surface area contributed by atoms with Crippen LogP contribution < -0.4 is 0 Å². The summed E-state index contributed by atoms with van der Waals surface area (Å²) in [6.07, 6.45) is 2.73. The molecule has 0 saturated heterocycles. The van der Waals surface area contributed by atoms with Crippen LogP contribution in [-0.4, -0.2) is 4.92 Å². The van der Waals surface area contributed by atoms with Gasteiger partial charge in [-0.1, -0.05) is 38.1 Å². The van der Waals surface area contributed by atoms with Crippen LogP contribution in [0.1, 0.15) is 31.7 Å². The maximum atomic E-state index is 10.9. The van der Waals surface area contributed by atoms with Crippen molar-refractivity contribution in [2.75, 3.05) is 0 Å². The summed E-state index contributed by atoms with van der Waals surface area (Å²) in [7, 11) is 0. The molecule has 2 atom stereocenters. The molecule has 0 heterocycles. The van der Waals surface area contributed by atoms with Gasteiger partial charge in [0.2, 0.25) is 0 Å². The standard InChI is InChI=1S/C13H17NO2/c1-4-10(3)11(5-2)12-8-6-7-9-13(12)14(15)16/h4,6-11H,1,5H2,2-3H3/t10-,11-/m1/s1. The van der Waals surface area contributed by atoms with Crippen LogP contribution in [0.3, 0.4) is 0 Å². The van der Waals surface area contributed by atoms with E-state index in [4.69, 9.17) is 0 Å². The summed E-state index contributed by atoms with van der Waals surface area (Å²) < 4.78 is 0. The van der Waals surface area contributed by atoms with Gasteiger partial charge in [0.1, 0.15) is 0 Å².